The summed E-state index contributed by atoms with van der Waals surface area (Å²) in [6, 6.07) is 14.2. The quantitative estimate of drug-likeness (QED) is 0.526. The lowest BCUT2D eigenvalue weighted by Crippen LogP contribution is -2.36. The second-order valence-electron chi connectivity index (χ2n) is 5.87. The Morgan fingerprint density at radius 1 is 1.00 bits per heavy atom. The first-order chi connectivity index (χ1) is 13.4. The Kier molecular flexibility index (Phi) is 7.98. The zero-order valence-electron chi connectivity index (χ0n) is 15.8. The van der Waals surface area contributed by atoms with Gasteiger partial charge in [-0.3, -0.25) is 4.99 Å². The molecule has 0 bridgehead atoms. The van der Waals surface area contributed by atoms with Crippen molar-refractivity contribution < 1.29 is 22.6 Å². The van der Waals surface area contributed by atoms with E-state index in [4.69, 9.17) is 9.47 Å². The van der Waals surface area contributed by atoms with Crippen molar-refractivity contribution in [1.29, 1.82) is 0 Å². The van der Waals surface area contributed by atoms with Crippen LogP contribution >= 0.6 is 0 Å². The van der Waals surface area contributed by atoms with Gasteiger partial charge in [-0.25, -0.2) is 0 Å². The molecule has 2 aromatic rings. The lowest BCUT2D eigenvalue weighted by atomic mass is 10.2. The number of ether oxygens (including phenoxy) is 2. The van der Waals surface area contributed by atoms with Gasteiger partial charge in [-0.2, -0.15) is 13.2 Å². The Labute approximate surface area is 162 Å². The van der Waals surface area contributed by atoms with Crippen molar-refractivity contribution in [3.63, 3.8) is 0 Å². The van der Waals surface area contributed by atoms with Gasteiger partial charge in [0.1, 0.15) is 11.5 Å². The summed E-state index contributed by atoms with van der Waals surface area (Å²) >= 11 is 0. The number of rotatable bonds is 8. The second kappa shape index (κ2) is 10.4. The normalized spacial score (nSPS) is 11.8. The predicted octanol–water partition coefficient (Wildman–Crippen LogP) is 3.89. The number of halogens is 3. The number of alkyl halides is 3. The molecule has 0 aliphatic rings. The number of nitrogens with zero attached hydrogens (tertiary/aromatic N) is 1. The summed E-state index contributed by atoms with van der Waals surface area (Å²) in [5.74, 6) is 1.54. The second-order valence-corrected chi connectivity index (χ2v) is 5.87. The number of nitrogens with one attached hydrogen (secondary N) is 2. The Hall–Kier alpha value is -2.90. The van der Waals surface area contributed by atoms with Crippen LogP contribution in [0.25, 0.3) is 0 Å². The van der Waals surface area contributed by atoms with E-state index in [1.807, 2.05) is 31.2 Å². The Bertz CT molecular complexity index is 779. The van der Waals surface area contributed by atoms with Crippen molar-refractivity contribution in [3.05, 3.63) is 59.7 Å². The highest BCUT2D eigenvalue weighted by Crippen LogP contribution is 2.19. The first kappa shape index (κ1) is 21.4. The van der Waals surface area contributed by atoms with Crippen LogP contribution in [0.4, 0.5) is 13.2 Å². The zero-order valence-corrected chi connectivity index (χ0v) is 15.8. The van der Waals surface area contributed by atoms with E-state index >= 15 is 0 Å². The molecule has 0 aliphatic carbocycles. The molecule has 0 atom stereocenters. The third-order valence-corrected chi connectivity index (χ3v) is 3.70. The lowest BCUT2D eigenvalue weighted by Gasteiger charge is -2.15. The number of guanidine groups is 1. The average molecular weight is 395 g/mol. The van der Waals surface area contributed by atoms with Crippen molar-refractivity contribution in [2.24, 2.45) is 4.99 Å². The average Bonchev–Trinajstić information content (AvgIpc) is 2.68. The maximum atomic E-state index is 12.3. The summed E-state index contributed by atoms with van der Waals surface area (Å²) in [6.45, 7) is 2.10. The summed E-state index contributed by atoms with van der Waals surface area (Å²) in [4.78, 5) is 4.16. The van der Waals surface area contributed by atoms with Crippen LogP contribution in [0.5, 0.6) is 11.5 Å². The molecule has 0 saturated heterocycles. The summed E-state index contributed by atoms with van der Waals surface area (Å²) in [6.07, 6.45) is -4.36. The highest BCUT2D eigenvalue weighted by molar-refractivity contribution is 5.79. The van der Waals surface area contributed by atoms with Crippen LogP contribution in [0.15, 0.2) is 53.5 Å². The fourth-order valence-corrected chi connectivity index (χ4v) is 2.44. The third-order valence-electron chi connectivity index (χ3n) is 3.70. The van der Waals surface area contributed by atoms with Gasteiger partial charge in [0.2, 0.25) is 0 Å². The van der Waals surface area contributed by atoms with E-state index in [0.29, 0.717) is 25.7 Å². The van der Waals surface area contributed by atoms with Gasteiger partial charge in [-0.1, -0.05) is 30.3 Å². The topological polar surface area (TPSA) is 54.9 Å². The minimum absolute atomic E-state index is 0.171. The van der Waals surface area contributed by atoms with Crippen molar-refractivity contribution in [2.75, 3.05) is 20.3 Å². The molecular weight excluding hydrogens is 371 g/mol. The summed E-state index contributed by atoms with van der Waals surface area (Å²) in [7, 11) is 1.65. The molecule has 2 rings (SSSR count). The third kappa shape index (κ3) is 7.38. The molecule has 28 heavy (non-hydrogen) atoms. The van der Waals surface area contributed by atoms with Gasteiger partial charge >= 0.3 is 6.18 Å². The molecule has 152 valence electrons. The number of hydrogen-bond donors (Lipinski definition) is 2. The minimum atomic E-state index is -4.36. The largest absolute Gasteiger partial charge is 0.494 e. The SMILES string of the molecule is CCOc1ccccc1CNC(=NC)NCc1cccc(OCC(F)(F)F)c1. The Balaban J connectivity index is 1.89. The molecule has 0 unspecified atom stereocenters. The van der Waals surface area contributed by atoms with Crippen molar-refractivity contribution in [2.45, 2.75) is 26.2 Å². The summed E-state index contributed by atoms with van der Waals surface area (Å²) in [5.41, 5.74) is 1.77. The fraction of sp³-hybridized carbons (Fsp3) is 0.350. The van der Waals surface area contributed by atoms with Gasteiger partial charge in [-0.05, 0) is 30.7 Å². The molecule has 0 amide bonds. The minimum Gasteiger partial charge on any atom is -0.494 e. The highest BCUT2D eigenvalue weighted by atomic mass is 19.4. The smallest absolute Gasteiger partial charge is 0.422 e. The monoisotopic (exact) mass is 395 g/mol. The highest BCUT2D eigenvalue weighted by Gasteiger charge is 2.28. The molecule has 0 fully saturated rings. The van der Waals surface area contributed by atoms with Gasteiger partial charge < -0.3 is 20.1 Å². The number of hydrogen-bond acceptors (Lipinski definition) is 3. The molecule has 2 N–H and O–H groups in total. The maximum absolute atomic E-state index is 12.3. The predicted molar refractivity (Wildman–Crippen MR) is 103 cm³/mol. The van der Waals surface area contributed by atoms with Gasteiger partial charge in [0, 0.05) is 25.7 Å². The van der Waals surface area contributed by atoms with E-state index in [0.717, 1.165) is 16.9 Å². The van der Waals surface area contributed by atoms with Crippen LogP contribution in [0.2, 0.25) is 0 Å². The standard InChI is InChI=1S/C20H24F3N3O2/c1-3-27-18-10-5-4-8-16(18)13-26-19(24-2)25-12-15-7-6-9-17(11-15)28-14-20(21,22)23/h4-11H,3,12-14H2,1-2H3,(H2,24,25,26). The van der Waals surface area contributed by atoms with Crippen LogP contribution in [0, 0.1) is 0 Å². The Morgan fingerprint density at radius 2 is 1.75 bits per heavy atom. The lowest BCUT2D eigenvalue weighted by molar-refractivity contribution is -0.153. The molecule has 0 radical (unpaired) electrons. The van der Waals surface area contributed by atoms with Crippen LogP contribution in [0.3, 0.4) is 0 Å². The first-order valence-electron chi connectivity index (χ1n) is 8.85. The molecule has 0 aliphatic heterocycles. The maximum Gasteiger partial charge on any atom is 0.422 e. The van der Waals surface area contributed by atoms with Crippen LogP contribution in [-0.2, 0) is 13.1 Å². The number of aliphatic imine (C=N–C) groups is 1. The molecule has 0 heterocycles. The van der Waals surface area contributed by atoms with Crippen LogP contribution < -0.4 is 20.1 Å². The van der Waals surface area contributed by atoms with Crippen molar-refractivity contribution >= 4 is 5.96 Å². The first-order valence-corrected chi connectivity index (χ1v) is 8.85. The number of benzene rings is 2. The van der Waals surface area contributed by atoms with E-state index in [2.05, 4.69) is 15.6 Å². The molecular formula is C20H24F3N3O2. The van der Waals surface area contributed by atoms with Gasteiger partial charge in [-0.15, -0.1) is 0 Å². The fourth-order valence-electron chi connectivity index (χ4n) is 2.44. The van der Waals surface area contributed by atoms with Gasteiger partial charge in [0.25, 0.3) is 0 Å². The van der Waals surface area contributed by atoms with E-state index in [1.165, 1.54) is 6.07 Å². The molecule has 0 aromatic heterocycles. The van der Waals surface area contributed by atoms with Crippen LogP contribution in [0.1, 0.15) is 18.1 Å². The number of para-hydroxylation sites is 1. The molecule has 2 aromatic carbocycles. The van der Waals surface area contributed by atoms with Crippen LogP contribution in [-0.4, -0.2) is 32.4 Å². The van der Waals surface area contributed by atoms with E-state index in [-0.39, 0.29) is 5.75 Å². The van der Waals surface area contributed by atoms with E-state index in [1.54, 1.807) is 25.2 Å². The van der Waals surface area contributed by atoms with Gasteiger partial charge in [0.15, 0.2) is 12.6 Å². The van der Waals surface area contributed by atoms with Gasteiger partial charge in [0.05, 0.1) is 6.61 Å². The van der Waals surface area contributed by atoms with E-state index < -0.39 is 12.8 Å². The molecule has 0 spiro atoms. The molecule has 5 nitrogen and oxygen atoms in total. The Morgan fingerprint density at radius 3 is 2.46 bits per heavy atom. The zero-order chi connectivity index (χ0) is 20.4. The van der Waals surface area contributed by atoms with E-state index in [9.17, 15) is 13.2 Å². The molecule has 8 heteroatoms. The van der Waals surface area contributed by atoms with Crippen molar-refractivity contribution in [3.8, 4) is 11.5 Å². The molecule has 0 saturated carbocycles. The summed E-state index contributed by atoms with van der Waals surface area (Å²) in [5, 5.41) is 6.32. The summed E-state index contributed by atoms with van der Waals surface area (Å²) < 4.78 is 47.2. The van der Waals surface area contributed by atoms with Crippen molar-refractivity contribution in [1.82, 2.24) is 10.6 Å².